The maximum absolute atomic E-state index is 14.1. The second kappa shape index (κ2) is 12.0. The predicted octanol–water partition coefficient (Wildman–Crippen LogP) is 5.68. The normalized spacial score (nSPS) is 17.2. The zero-order valence-electron chi connectivity index (χ0n) is 23.9. The van der Waals surface area contributed by atoms with Gasteiger partial charge in [-0.1, -0.05) is 18.5 Å². The van der Waals surface area contributed by atoms with Crippen LogP contribution in [0.15, 0.2) is 36.5 Å². The predicted molar refractivity (Wildman–Crippen MR) is 158 cm³/mol. The molecule has 3 N–H and O–H groups in total. The van der Waals surface area contributed by atoms with Gasteiger partial charge in [-0.15, -0.1) is 0 Å². The molecule has 2 atom stereocenters. The molecule has 4 rings (SSSR count). The smallest absolute Gasteiger partial charge is 0.294 e. The molecule has 3 aromatic rings. The van der Waals surface area contributed by atoms with Crippen molar-refractivity contribution in [2.75, 3.05) is 49.8 Å². The number of nitro benzene ring substituents is 1. The molecule has 1 aromatic heterocycles. The van der Waals surface area contributed by atoms with Gasteiger partial charge in [0, 0.05) is 48.7 Å². The summed E-state index contributed by atoms with van der Waals surface area (Å²) in [6, 6.07) is 7.35. The Bertz CT molecular complexity index is 1430. The summed E-state index contributed by atoms with van der Waals surface area (Å²) in [4.78, 5) is 24.7. The molecule has 0 amide bonds. The Labute approximate surface area is 243 Å². The van der Waals surface area contributed by atoms with E-state index in [1.807, 2.05) is 14.1 Å². The first-order valence-electron chi connectivity index (χ1n) is 13.1. The van der Waals surface area contributed by atoms with Gasteiger partial charge in [0.2, 0.25) is 5.95 Å². The molecular formula is C28H35ClFN7O4. The zero-order chi connectivity index (χ0) is 30.1. The minimum Gasteiger partial charge on any atom is -0.494 e. The topological polar surface area (TPSA) is 129 Å². The lowest BCUT2D eigenvalue weighted by Gasteiger charge is -2.29. The Morgan fingerprint density at radius 1 is 1.27 bits per heavy atom. The molecular weight excluding hydrogens is 553 g/mol. The SMILES string of the molecule is COc1cc(N2C[C@@H](C)C[C@@H]2CN(C)C)c([N+](=O)[O-])cc1Nc1nccc(Nc2cc(Cl)c(F)cc2C(C)(C)O)n1. The molecule has 41 heavy (non-hydrogen) atoms. The summed E-state index contributed by atoms with van der Waals surface area (Å²) in [5.41, 5.74) is 0.0312. The molecule has 11 nitrogen and oxygen atoms in total. The van der Waals surface area contributed by atoms with Crippen LogP contribution in [0, 0.1) is 21.8 Å². The van der Waals surface area contributed by atoms with Gasteiger partial charge in [-0.25, -0.2) is 9.37 Å². The number of halogens is 2. The monoisotopic (exact) mass is 587 g/mol. The van der Waals surface area contributed by atoms with Crippen LogP contribution in [-0.2, 0) is 5.60 Å². The zero-order valence-corrected chi connectivity index (χ0v) is 24.7. The van der Waals surface area contributed by atoms with Crippen LogP contribution < -0.4 is 20.3 Å². The molecule has 1 saturated heterocycles. The summed E-state index contributed by atoms with van der Waals surface area (Å²) >= 11 is 6.00. The number of anilines is 5. The highest BCUT2D eigenvalue weighted by atomic mass is 35.5. The third kappa shape index (κ3) is 6.95. The fourth-order valence-electron chi connectivity index (χ4n) is 5.14. The van der Waals surface area contributed by atoms with Crippen molar-refractivity contribution >= 4 is 46.1 Å². The van der Waals surface area contributed by atoms with Gasteiger partial charge in [-0.2, -0.15) is 4.98 Å². The fraction of sp³-hybridized carbons (Fsp3) is 0.429. The van der Waals surface area contributed by atoms with Gasteiger partial charge in [0.05, 0.1) is 28.3 Å². The van der Waals surface area contributed by atoms with Crippen LogP contribution in [0.2, 0.25) is 5.02 Å². The fourth-order valence-corrected chi connectivity index (χ4v) is 5.31. The summed E-state index contributed by atoms with van der Waals surface area (Å²) in [7, 11) is 5.47. The molecule has 13 heteroatoms. The van der Waals surface area contributed by atoms with E-state index in [4.69, 9.17) is 16.3 Å². The first-order chi connectivity index (χ1) is 19.3. The second-order valence-electron chi connectivity index (χ2n) is 11.1. The Morgan fingerprint density at radius 3 is 2.63 bits per heavy atom. The number of nitro groups is 1. The van der Waals surface area contributed by atoms with Crippen LogP contribution in [0.25, 0.3) is 0 Å². The third-order valence-corrected chi connectivity index (χ3v) is 7.18. The van der Waals surface area contributed by atoms with E-state index in [0.29, 0.717) is 41.1 Å². The van der Waals surface area contributed by atoms with Crippen molar-refractivity contribution in [3.05, 3.63) is 63.0 Å². The maximum atomic E-state index is 14.1. The lowest BCUT2D eigenvalue weighted by Crippen LogP contribution is -2.37. The third-order valence-electron chi connectivity index (χ3n) is 6.89. The van der Waals surface area contributed by atoms with Crippen molar-refractivity contribution in [1.82, 2.24) is 14.9 Å². The summed E-state index contributed by atoms with van der Waals surface area (Å²) in [5.74, 6) is 0.574. The Hall–Kier alpha value is -3.74. The lowest BCUT2D eigenvalue weighted by atomic mass is 9.96. The molecule has 0 aliphatic carbocycles. The van der Waals surface area contributed by atoms with Crippen molar-refractivity contribution in [1.29, 1.82) is 0 Å². The standard InChI is InChI=1S/C28H35ClFN7O4/c1-16-9-17(15-35(4)5)36(14-16)23-13-25(41-6)22(12-24(23)37(39)40)33-27-31-8-7-26(34-27)32-21-11-19(29)20(30)10-18(21)28(2,3)38/h7-8,10-13,16-17,38H,9,14-15H2,1-6H3,(H2,31,32,33,34)/t16-,17+/m0/s1. The molecule has 220 valence electrons. The van der Waals surface area contributed by atoms with Crippen LogP contribution >= 0.6 is 11.6 Å². The van der Waals surface area contributed by atoms with E-state index in [1.165, 1.54) is 45.4 Å². The van der Waals surface area contributed by atoms with Gasteiger partial charge in [0.15, 0.2) is 0 Å². The Morgan fingerprint density at radius 2 is 2.00 bits per heavy atom. The number of hydrogen-bond acceptors (Lipinski definition) is 10. The highest BCUT2D eigenvalue weighted by Gasteiger charge is 2.35. The molecule has 2 heterocycles. The van der Waals surface area contributed by atoms with Gasteiger partial charge >= 0.3 is 0 Å². The van der Waals surface area contributed by atoms with Gasteiger partial charge in [0.25, 0.3) is 5.69 Å². The van der Waals surface area contributed by atoms with E-state index in [9.17, 15) is 19.6 Å². The number of nitrogens with one attached hydrogen (secondary N) is 2. The van der Waals surface area contributed by atoms with Crippen LogP contribution in [0.3, 0.4) is 0 Å². The number of aliphatic hydroxyl groups is 1. The largest absolute Gasteiger partial charge is 0.494 e. The first kappa shape index (κ1) is 30.2. The number of methoxy groups -OCH3 is 1. The first-order valence-corrected chi connectivity index (χ1v) is 13.5. The van der Waals surface area contributed by atoms with Crippen molar-refractivity contribution in [2.45, 2.75) is 38.8 Å². The van der Waals surface area contributed by atoms with Gasteiger partial charge in [-0.3, -0.25) is 10.1 Å². The van der Waals surface area contributed by atoms with E-state index >= 15 is 0 Å². The summed E-state index contributed by atoms with van der Waals surface area (Å²) in [5, 5.41) is 28.7. The number of ether oxygens (including phenoxy) is 1. The highest BCUT2D eigenvalue weighted by molar-refractivity contribution is 6.31. The van der Waals surface area contributed by atoms with Crippen LogP contribution in [-0.4, -0.2) is 65.2 Å². The molecule has 2 aromatic carbocycles. The Kier molecular flexibility index (Phi) is 8.86. The summed E-state index contributed by atoms with van der Waals surface area (Å²) < 4.78 is 19.8. The molecule has 0 unspecified atom stereocenters. The molecule has 0 spiro atoms. The Balaban J connectivity index is 1.67. The average Bonchev–Trinajstić information content (AvgIpc) is 3.24. The molecule has 0 saturated carbocycles. The van der Waals surface area contributed by atoms with Crippen molar-refractivity contribution in [2.24, 2.45) is 5.92 Å². The molecule has 0 radical (unpaired) electrons. The summed E-state index contributed by atoms with van der Waals surface area (Å²) in [6.07, 6.45) is 2.42. The molecule has 1 aliphatic rings. The van der Waals surface area contributed by atoms with Gasteiger partial charge < -0.3 is 30.3 Å². The van der Waals surface area contributed by atoms with Crippen molar-refractivity contribution in [3.8, 4) is 5.75 Å². The number of hydrogen-bond donors (Lipinski definition) is 3. The number of rotatable bonds is 10. The molecule has 1 fully saturated rings. The minimum atomic E-state index is -1.37. The number of likely N-dealkylation sites (N-methyl/N-ethyl adjacent to an activating group) is 1. The van der Waals surface area contributed by atoms with E-state index in [-0.39, 0.29) is 28.3 Å². The van der Waals surface area contributed by atoms with Crippen molar-refractivity contribution in [3.63, 3.8) is 0 Å². The van der Waals surface area contributed by atoms with Crippen LogP contribution in [0.5, 0.6) is 5.75 Å². The quantitative estimate of drug-likeness (QED) is 0.201. The number of benzene rings is 2. The highest BCUT2D eigenvalue weighted by Crippen LogP contribution is 2.42. The molecule has 0 bridgehead atoms. The van der Waals surface area contributed by atoms with E-state index in [1.54, 1.807) is 12.1 Å². The molecule has 1 aliphatic heterocycles. The average molecular weight is 588 g/mol. The number of nitrogens with zero attached hydrogens (tertiary/aromatic N) is 5. The van der Waals surface area contributed by atoms with E-state index in [2.05, 4.69) is 37.3 Å². The lowest BCUT2D eigenvalue weighted by molar-refractivity contribution is -0.384. The minimum absolute atomic E-state index is 0.0591. The van der Waals surface area contributed by atoms with E-state index in [0.717, 1.165) is 13.0 Å². The van der Waals surface area contributed by atoms with Crippen LogP contribution in [0.4, 0.5) is 38.9 Å². The van der Waals surface area contributed by atoms with Crippen molar-refractivity contribution < 1.29 is 19.2 Å². The maximum Gasteiger partial charge on any atom is 0.294 e. The summed E-state index contributed by atoms with van der Waals surface area (Å²) in [6.45, 7) is 6.67. The van der Waals surface area contributed by atoms with E-state index < -0.39 is 16.3 Å². The van der Waals surface area contributed by atoms with Gasteiger partial charge in [-0.05, 0) is 58.5 Å². The van der Waals surface area contributed by atoms with Crippen LogP contribution in [0.1, 0.15) is 32.8 Å². The second-order valence-corrected chi connectivity index (χ2v) is 11.5. The van der Waals surface area contributed by atoms with Gasteiger partial charge in [0.1, 0.15) is 23.1 Å². The number of aromatic nitrogens is 2.